The fraction of sp³-hybridized carbons (Fsp3) is 0.294. The van der Waals surface area contributed by atoms with Crippen LogP contribution in [0.4, 0.5) is 0 Å². The Hall–Kier alpha value is -1.03. The number of ether oxygens (including phenoxy) is 1. The topological polar surface area (TPSA) is 21.3 Å². The van der Waals surface area contributed by atoms with Crippen LogP contribution in [-0.2, 0) is 0 Å². The maximum atomic E-state index is 6.08. The Morgan fingerprint density at radius 3 is 2.62 bits per heavy atom. The third-order valence-corrected chi connectivity index (χ3v) is 4.08. The van der Waals surface area contributed by atoms with E-state index in [0.29, 0.717) is 12.5 Å². The molecule has 0 aromatic heterocycles. The molecule has 1 unspecified atom stereocenters. The van der Waals surface area contributed by atoms with Crippen molar-refractivity contribution in [1.29, 1.82) is 0 Å². The van der Waals surface area contributed by atoms with Gasteiger partial charge in [-0.05, 0) is 61.3 Å². The van der Waals surface area contributed by atoms with Gasteiger partial charge in [-0.25, -0.2) is 0 Å². The van der Waals surface area contributed by atoms with E-state index in [1.807, 2.05) is 49.5 Å². The average Bonchev–Trinajstić information content (AvgIpc) is 2.48. The standard InChI is InChI=1S/C17H19BrClNO/c1-20-12-14(13-3-2-4-16(19)11-13)9-10-21-17-7-5-15(18)6-8-17/h2-8,11,14,20H,9-10,12H2,1H3. The largest absolute Gasteiger partial charge is 0.494 e. The van der Waals surface area contributed by atoms with Crippen molar-refractivity contribution in [3.05, 3.63) is 63.6 Å². The molecule has 0 heterocycles. The smallest absolute Gasteiger partial charge is 0.119 e. The molecular weight excluding hydrogens is 350 g/mol. The molecule has 2 aromatic rings. The first-order chi connectivity index (χ1) is 10.2. The van der Waals surface area contributed by atoms with Crippen LogP contribution in [0.1, 0.15) is 17.9 Å². The molecule has 112 valence electrons. The molecule has 1 N–H and O–H groups in total. The van der Waals surface area contributed by atoms with Crippen LogP contribution in [0.5, 0.6) is 5.75 Å². The lowest BCUT2D eigenvalue weighted by atomic mass is 9.96. The molecule has 0 aliphatic carbocycles. The normalized spacial score (nSPS) is 12.1. The first kappa shape index (κ1) is 16.3. The summed E-state index contributed by atoms with van der Waals surface area (Å²) in [5, 5.41) is 4.02. The monoisotopic (exact) mass is 367 g/mol. The summed E-state index contributed by atoms with van der Waals surface area (Å²) in [5.41, 5.74) is 1.25. The van der Waals surface area contributed by atoms with E-state index in [4.69, 9.17) is 16.3 Å². The molecule has 0 radical (unpaired) electrons. The Balaban J connectivity index is 1.92. The maximum Gasteiger partial charge on any atom is 0.119 e. The molecule has 0 fully saturated rings. The predicted octanol–water partition coefficient (Wildman–Crippen LogP) is 4.87. The molecule has 0 aliphatic rings. The fourth-order valence-corrected chi connectivity index (χ4v) is 2.71. The molecule has 0 saturated heterocycles. The van der Waals surface area contributed by atoms with Gasteiger partial charge in [-0.15, -0.1) is 0 Å². The summed E-state index contributed by atoms with van der Waals surface area (Å²) >= 11 is 9.50. The van der Waals surface area contributed by atoms with Crippen molar-refractivity contribution < 1.29 is 4.74 Å². The second-order valence-electron chi connectivity index (χ2n) is 4.90. The zero-order valence-electron chi connectivity index (χ0n) is 12.0. The van der Waals surface area contributed by atoms with Gasteiger partial charge in [-0.1, -0.05) is 39.7 Å². The van der Waals surface area contributed by atoms with E-state index in [-0.39, 0.29) is 0 Å². The molecular formula is C17H19BrClNO. The zero-order chi connectivity index (χ0) is 15.1. The molecule has 21 heavy (non-hydrogen) atoms. The van der Waals surface area contributed by atoms with Gasteiger partial charge in [-0.3, -0.25) is 0 Å². The third-order valence-electron chi connectivity index (χ3n) is 3.32. The van der Waals surface area contributed by atoms with E-state index in [1.54, 1.807) is 0 Å². The van der Waals surface area contributed by atoms with Gasteiger partial charge in [0, 0.05) is 16.0 Å². The predicted molar refractivity (Wildman–Crippen MR) is 92.4 cm³/mol. The molecule has 1 atom stereocenters. The number of likely N-dealkylation sites (N-methyl/N-ethyl adjacent to an activating group) is 1. The van der Waals surface area contributed by atoms with Crippen LogP contribution < -0.4 is 10.1 Å². The van der Waals surface area contributed by atoms with E-state index in [1.165, 1.54) is 5.56 Å². The van der Waals surface area contributed by atoms with E-state index in [9.17, 15) is 0 Å². The highest BCUT2D eigenvalue weighted by Gasteiger charge is 2.11. The van der Waals surface area contributed by atoms with Crippen LogP contribution in [0.3, 0.4) is 0 Å². The number of nitrogens with one attached hydrogen (secondary N) is 1. The van der Waals surface area contributed by atoms with Crippen LogP contribution in [0.15, 0.2) is 53.0 Å². The Bertz CT molecular complexity index is 559. The lowest BCUT2D eigenvalue weighted by molar-refractivity contribution is 0.296. The van der Waals surface area contributed by atoms with Gasteiger partial charge >= 0.3 is 0 Å². The molecule has 0 spiro atoms. The molecule has 2 nitrogen and oxygen atoms in total. The van der Waals surface area contributed by atoms with E-state index >= 15 is 0 Å². The summed E-state index contributed by atoms with van der Waals surface area (Å²) in [7, 11) is 1.97. The Labute approximate surface area is 139 Å². The number of halogens is 2. The summed E-state index contributed by atoms with van der Waals surface area (Å²) in [5.74, 6) is 1.29. The summed E-state index contributed by atoms with van der Waals surface area (Å²) < 4.78 is 6.87. The highest BCUT2D eigenvalue weighted by molar-refractivity contribution is 9.10. The van der Waals surface area contributed by atoms with Gasteiger partial charge in [0.25, 0.3) is 0 Å². The van der Waals surface area contributed by atoms with Crippen LogP contribution in [-0.4, -0.2) is 20.2 Å². The van der Waals surface area contributed by atoms with E-state index in [0.717, 1.165) is 28.2 Å². The minimum absolute atomic E-state index is 0.393. The first-order valence-electron chi connectivity index (χ1n) is 6.97. The lowest BCUT2D eigenvalue weighted by Crippen LogP contribution is -2.19. The molecule has 0 saturated carbocycles. The van der Waals surface area contributed by atoms with Crippen molar-refractivity contribution in [3.8, 4) is 5.75 Å². The van der Waals surface area contributed by atoms with Crippen LogP contribution >= 0.6 is 27.5 Å². The number of rotatable bonds is 7. The Kier molecular flexibility index (Phi) is 6.55. The highest BCUT2D eigenvalue weighted by atomic mass is 79.9. The van der Waals surface area contributed by atoms with E-state index < -0.39 is 0 Å². The molecule has 0 amide bonds. The Morgan fingerprint density at radius 1 is 1.19 bits per heavy atom. The zero-order valence-corrected chi connectivity index (χ0v) is 14.3. The van der Waals surface area contributed by atoms with E-state index in [2.05, 4.69) is 27.3 Å². The van der Waals surface area contributed by atoms with Crippen molar-refractivity contribution >= 4 is 27.5 Å². The second-order valence-corrected chi connectivity index (χ2v) is 6.25. The lowest BCUT2D eigenvalue weighted by Gasteiger charge is -2.17. The van der Waals surface area contributed by atoms with Crippen LogP contribution in [0.25, 0.3) is 0 Å². The fourth-order valence-electron chi connectivity index (χ4n) is 2.24. The van der Waals surface area contributed by atoms with Crippen molar-refractivity contribution in [2.24, 2.45) is 0 Å². The summed E-state index contributed by atoms with van der Waals surface area (Å²) in [6.07, 6.45) is 0.942. The second kappa shape index (κ2) is 8.42. The van der Waals surface area contributed by atoms with Crippen molar-refractivity contribution in [3.63, 3.8) is 0 Å². The summed E-state index contributed by atoms with van der Waals surface area (Å²) in [4.78, 5) is 0. The molecule has 4 heteroatoms. The molecule has 2 rings (SSSR count). The van der Waals surface area contributed by atoms with Gasteiger partial charge < -0.3 is 10.1 Å². The number of benzene rings is 2. The summed E-state index contributed by atoms with van der Waals surface area (Å²) in [6, 6.07) is 16.0. The number of hydrogen-bond acceptors (Lipinski definition) is 2. The van der Waals surface area contributed by atoms with Crippen LogP contribution in [0, 0.1) is 0 Å². The Morgan fingerprint density at radius 2 is 1.95 bits per heavy atom. The van der Waals surface area contributed by atoms with Gasteiger partial charge in [-0.2, -0.15) is 0 Å². The number of hydrogen-bond donors (Lipinski definition) is 1. The average molecular weight is 369 g/mol. The molecule has 0 aliphatic heterocycles. The summed E-state index contributed by atoms with van der Waals surface area (Å²) in [6.45, 7) is 1.59. The van der Waals surface area contributed by atoms with Gasteiger partial charge in [0.2, 0.25) is 0 Å². The minimum atomic E-state index is 0.393. The first-order valence-corrected chi connectivity index (χ1v) is 8.14. The molecule has 0 bridgehead atoms. The van der Waals surface area contributed by atoms with Crippen molar-refractivity contribution in [2.75, 3.05) is 20.2 Å². The van der Waals surface area contributed by atoms with Gasteiger partial charge in [0.15, 0.2) is 0 Å². The van der Waals surface area contributed by atoms with Gasteiger partial charge in [0.05, 0.1) is 6.61 Å². The maximum absolute atomic E-state index is 6.08. The molecule has 2 aromatic carbocycles. The van der Waals surface area contributed by atoms with Crippen LogP contribution in [0.2, 0.25) is 5.02 Å². The van der Waals surface area contributed by atoms with Crippen molar-refractivity contribution in [1.82, 2.24) is 5.32 Å². The van der Waals surface area contributed by atoms with Crippen molar-refractivity contribution in [2.45, 2.75) is 12.3 Å². The highest BCUT2D eigenvalue weighted by Crippen LogP contribution is 2.23. The SMILES string of the molecule is CNCC(CCOc1ccc(Br)cc1)c1cccc(Cl)c1. The van der Waals surface area contributed by atoms with Gasteiger partial charge in [0.1, 0.15) is 5.75 Å². The minimum Gasteiger partial charge on any atom is -0.494 e. The quantitative estimate of drug-likeness (QED) is 0.752. The third kappa shape index (κ3) is 5.34.